The van der Waals surface area contributed by atoms with E-state index >= 15 is 0 Å². The summed E-state index contributed by atoms with van der Waals surface area (Å²) in [5.74, 6) is -0.292. The van der Waals surface area contributed by atoms with Gasteiger partial charge >= 0.3 is 0 Å². The zero-order chi connectivity index (χ0) is 23.2. The topological polar surface area (TPSA) is 87.7 Å². The van der Waals surface area contributed by atoms with E-state index in [9.17, 15) is 14.4 Å². The van der Waals surface area contributed by atoms with Crippen molar-refractivity contribution in [3.63, 3.8) is 0 Å². The molecule has 7 nitrogen and oxygen atoms in total. The molecule has 0 aliphatic carbocycles. The number of ether oxygens (including phenoxy) is 1. The summed E-state index contributed by atoms with van der Waals surface area (Å²) in [5, 5.41) is 5.23. The Morgan fingerprint density at radius 3 is 2.52 bits per heavy atom. The van der Waals surface area contributed by atoms with Crippen LogP contribution >= 0.6 is 0 Å². The molecule has 2 aromatic carbocycles. The Bertz CT molecular complexity index is 1070. The van der Waals surface area contributed by atoms with Crippen LogP contribution in [0.25, 0.3) is 5.57 Å². The second-order valence-corrected chi connectivity index (χ2v) is 8.43. The van der Waals surface area contributed by atoms with Crippen LogP contribution in [0.4, 0.5) is 5.69 Å². The number of imide groups is 1. The van der Waals surface area contributed by atoms with Crippen molar-refractivity contribution >= 4 is 29.0 Å². The highest BCUT2D eigenvalue weighted by molar-refractivity contribution is 6.16. The van der Waals surface area contributed by atoms with Crippen molar-refractivity contribution in [2.45, 2.75) is 32.6 Å². The summed E-state index contributed by atoms with van der Waals surface area (Å²) in [6.45, 7) is 5.49. The van der Waals surface area contributed by atoms with Crippen LogP contribution in [-0.2, 0) is 9.59 Å². The lowest BCUT2D eigenvalue weighted by Crippen LogP contribution is -2.35. The molecular formula is C26H29N3O4. The smallest absolute Gasteiger partial charge is 0.255 e. The van der Waals surface area contributed by atoms with Crippen LogP contribution in [0.1, 0.15) is 48.5 Å². The Balaban J connectivity index is 1.40. The number of likely N-dealkylation sites (tertiary alicyclic amines) is 1. The van der Waals surface area contributed by atoms with Crippen LogP contribution in [0.5, 0.6) is 5.75 Å². The molecule has 33 heavy (non-hydrogen) atoms. The number of benzene rings is 2. The molecule has 7 heteroatoms. The molecule has 2 aromatic rings. The number of piperidine rings is 1. The first-order chi connectivity index (χ1) is 16.0. The minimum atomic E-state index is -0.404. The Hall–Kier alpha value is -3.45. The molecule has 0 unspecified atom stereocenters. The summed E-state index contributed by atoms with van der Waals surface area (Å²) in [4.78, 5) is 39.2. The molecule has 0 saturated carbocycles. The number of hydrogen-bond donors (Lipinski definition) is 2. The van der Waals surface area contributed by atoms with Crippen LogP contribution < -0.4 is 15.4 Å². The fourth-order valence-electron chi connectivity index (χ4n) is 4.22. The van der Waals surface area contributed by atoms with Gasteiger partial charge in [0.25, 0.3) is 11.8 Å². The van der Waals surface area contributed by atoms with Gasteiger partial charge in [-0.2, -0.15) is 0 Å². The molecule has 2 aliphatic rings. The molecule has 0 radical (unpaired) electrons. The average Bonchev–Trinajstić information content (AvgIpc) is 2.83. The first kappa shape index (κ1) is 22.7. The standard InChI is InChI=1S/C26H29N3O4/c1-18-22(17-24(30)28-25(18)31)21-7-3-4-8-23(21)27-26(32)19-9-11-20(12-10-19)33-16-15-29-13-5-2-6-14-29/h3-4,7-12H,2,5-6,13-17H2,1H3,(H,27,32)(H,28,30,31). The SMILES string of the molecule is CC1=C(c2ccccc2NC(=O)c2ccc(OCCN3CCCCC3)cc2)CC(=O)NC1=O. The van der Waals surface area contributed by atoms with Crippen LogP contribution in [0.2, 0.25) is 0 Å². The zero-order valence-corrected chi connectivity index (χ0v) is 18.9. The molecule has 172 valence electrons. The van der Waals surface area contributed by atoms with E-state index in [1.54, 1.807) is 49.4 Å². The highest BCUT2D eigenvalue weighted by Crippen LogP contribution is 2.31. The zero-order valence-electron chi connectivity index (χ0n) is 18.9. The summed E-state index contributed by atoms with van der Waals surface area (Å²) in [6, 6.07) is 14.3. The van der Waals surface area contributed by atoms with Crippen molar-refractivity contribution in [2.75, 3.05) is 31.6 Å². The number of anilines is 1. The number of nitrogens with one attached hydrogen (secondary N) is 2. The molecule has 2 heterocycles. The van der Waals surface area contributed by atoms with Gasteiger partial charge in [0.1, 0.15) is 12.4 Å². The lowest BCUT2D eigenvalue weighted by atomic mass is 9.93. The molecule has 1 fully saturated rings. The molecule has 0 aromatic heterocycles. The summed E-state index contributed by atoms with van der Waals surface area (Å²) in [5.41, 5.74) is 2.82. The third-order valence-electron chi connectivity index (χ3n) is 6.13. The summed E-state index contributed by atoms with van der Waals surface area (Å²) in [7, 11) is 0. The summed E-state index contributed by atoms with van der Waals surface area (Å²) < 4.78 is 5.84. The minimum Gasteiger partial charge on any atom is -0.492 e. The fraction of sp³-hybridized carbons (Fsp3) is 0.346. The predicted octanol–water partition coefficient (Wildman–Crippen LogP) is 3.62. The Kier molecular flexibility index (Phi) is 7.19. The van der Waals surface area contributed by atoms with Gasteiger partial charge in [-0.15, -0.1) is 0 Å². The van der Waals surface area contributed by atoms with Gasteiger partial charge in [0.15, 0.2) is 0 Å². The second-order valence-electron chi connectivity index (χ2n) is 8.43. The fourth-order valence-corrected chi connectivity index (χ4v) is 4.22. The second kappa shape index (κ2) is 10.4. The lowest BCUT2D eigenvalue weighted by Gasteiger charge is -2.26. The van der Waals surface area contributed by atoms with E-state index in [1.165, 1.54) is 19.3 Å². The van der Waals surface area contributed by atoms with E-state index in [1.807, 2.05) is 6.07 Å². The first-order valence-corrected chi connectivity index (χ1v) is 11.4. The normalized spacial score (nSPS) is 17.0. The van der Waals surface area contributed by atoms with Gasteiger partial charge < -0.3 is 10.1 Å². The minimum absolute atomic E-state index is 0.0912. The lowest BCUT2D eigenvalue weighted by molar-refractivity contribution is -0.128. The third kappa shape index (κ3) is 5.68. The first-order valence-electron chi connectivity index (χ1n) is 11.4. The van der Waals surface area contributed by atoms with E-state index in [0.717, 1.165) is 25.4 Å². The van der Waals surface area contributed by atoms with Gasteiger partial charge in [-0.3, -0.25) is 24.6 Å². The van der Waals surface area contributed by atoms with Crippen LogP contribution in [0, 0.1) is 0 Å². The number of hydrogen-bond acceptors (Lipinski definition) is 5. The van der Waals surface area contributed by atoms with E-state index < -0.39 is 5.91 Å². The Labute approximate surface area is 193 Å². The van der Waals surface area contributed by atoms with Gasteiger partial charge in [-0.1, -0.05) is 24.6 Å². The average molecular weight is 448 g/mol. The number of rotatable bonds is 7. The monoisotopic (exact) mass is 447 g/mol. The molecule has 0 spiro atoms. The van der Waals surface area contributed by atoms with E-state index in [0.29, 0.717) is 34.6 Å². The van der Waals surface area contributed by atoms with Crippen LogP contribution in [0.3, 0.4) is 0 Å². The highest BCUT2D eigenvalue weighted by Gasteiger charge is 2.25. The number of carbonyl (C=O) groups is 3. The maximum absolute atomic E-state index is 12.9. The number of para-hydroxylation sites is 1. The van der Waals surface area contributed by atoms with Crippen molar-refractivity contribution in [3.8, 4) is 5.75 Å². The van der Waals surface area contributed by atoms with Gasteiger partial charge in [0.2, 0.25) is 5.91 Å². The van der Waals surface area contributed by atoms with E-state index in [4.69, 9.17) is 4.74 Å². The maximum atomic E-state index is 12.9. The van der Waals surface area contributed by atoms with Gasteiger partial charge in [0.05, 0.1) is 6.42 Å². The van der Waals surface area contributed by atoms with Gasteiger partial charge in [-0.05, 0) is 68.8 Å². The van der Waals surface area contributed by atoms with Crippen molar-refractivity contribution in [1.82, 2.24) is 10.2 Å². The molecule has 0 bridgehead atoms. The summed E-state index contributed by atoms with van der Waals surface area (Å²) >= 11 is 0. The quantitative estimate of drug-likeness (QED) is 0.633. The molecule has 1 saturated heterocycles. The van der Waals surface area contributed by atoms with Crippen molar-refractivity contribution in [3.05, 3.63) is 65.2 Å². The van der Waals surface area contributed by atoms with Crippen molar-refractivity contribution < 1.29 is 19.1 Å². The molecule has 2 aliphatic heterocycles. The molecule has 0 atom stereocenters. The highest BCUT2D eigenvalue weighted by atomic mass is 16.5. The van der Waals surface area contributed by atoms with Crippen LogP contribution in [0.15, 0.2) is 54.1 Å². The van der Waals surface area contributed by atoms with Crippen molar-refractivity contribution in [1.29, 1.82) is 0 Å². The maximum Gasteiger partial charge on any atom is 0.255 e. The van der Waals surface area contributed by atoms with Crippen molar-refractivity contribution in [2.24, 2.45) is 0 Å². The van der Waals surface area contributed by atoms with E-state index in [-0.39, 0.29) is 18.2 Å². The number of carbonyl (C=O) groups excluding carboxylic acids is 3. The summed E-state index contributed by atoms with van der Waals surface area (Å²) in [6.07, 6.45) is 3.92. The van der Waals surface area contributed by atoms with Crippen LogP contribution in [-0.4, -0.2) is 48.9 Å². The van der Waals surface area contributed by atoms with E-state index in [2.05, 4.69) is 15.5 Å². The van der Waals surface area contributed by atoms with Gasteiger partial charge in [0, 0.05) is 28.9 Å². The number of nitrogens with zero attached hydrogens (tertiary/aromatic N) is 1. The molecule has 2 N–H and O–H groups in total. The molecular weight excluding hydrogens is 418 g/mol. The number of amides is 3. The predicted molar refractivity (Wildman–Crippen MR) is 127 cm³/mol. The third-order valence-corrected chi connectivity index (χ3v) is 6.13. The molecule has 4 rings (SSSR count). The van der Waals surface area contributed by atoms with Gasteiger partial charge in [-0.25, -0.2) is 0 Å². The Morgan fingerprint density at radius 2 is 1.76 bits per heavy atom. The Morgan fingerprint density at radius 1 is 1.03 bits per heavy atom. The largest absolute Gasteiger partial charge is 0.492 e. The molecule has 3 amide bonds.